The summed E-state index contributed by atoms with van der Waals surface area (Å²) in [5, 5.41) is 12.4. The molecule has 0 fully saturated rings. The van der Waals surface area contributed by atoms with E-state index in [4.69, 9.17) is 9.47 Å². The second kappa shape index (κ2) is 11.9. The number of halogens is 2. The van der Waals surface area contributed by atoms with E-state index in [1.165, 1.54) is 6.08 Å². The first-order valence-corrected chi connectivity index (χ1v) is 12.2. The Morgan fingerprint density at radius 3 is 2.26 bits per heavy atom. The lowest BCUT2D eigenvalue weighted by Crippen LogP contribution is -2.13. The molecule has 34 heavy (non-hydrogen) atoms. The van der Waals surface area contributed by atoms with Gasteiger partial charge in [0.05, 0.1) is 6.61 Å². The number of ether oxygens (including phenoxy) is 2. The predicted octanol–water partition coefficient (Wildman–Crippen LogP) is 7.35. The molecule has 0 aromatic heterocycles. The number of nitrogens with zero attached hydrogens (tertiary/aromatic N) is 1. The molecular formula is C27H24Br2N2O3. The number of carbonyl (C=O) groups excluding carboxylic acids is 1. The Morgan fingerprint density at radius 1 is 1.00 bits per heavy atom. The molecule has 0 atom stereocenters. The van der Waals surface area contributed by atoms with Crippen LogP contribution in [0.3, 0.4) is 0 Å². The van der Waals surface area contributed by atoms with E-state index in [0.29, 0.717) is 40.4 Å². The Hall–Kier alpha value is -3.08. The van der Waals surface area contributed by atoms with Crippen molar-refractivity contribution in [3.05, 3.63) is 91.4 Å². The monoisotopic (exact) mass is 582 g/mol. The first-order valence-electron chi connectivity index (χ1n) is 10.6. The van der Waals surface area contributed by atoms with Gasteiger partial charge in [-0.05, 0) is 85.5 Å². The Labute approximate surface area is 216 Å². The van der Waals surface area contributed by atoms with Crippen LogP contribution in [-0.2, 0) is 11.4 Å². The fraction of sp³-hybridized carbons (Fsp3) is 0.185. The van der Waals surface area contributed by atoms with Crippen LogP contribution < -0.4 is 14.8 Å². The van der Waals surface area contributed by atoms with Gasteiger partial charge in [-0.3, -0.25) is 4.79 Å². The van der Waals surface area contributed by atoms with Crippen LogP contribution in [0, 0.1) is 25.2 Å². The first-order chi connectivity index (χ1) is 16.3. The molecule has 5 nitrogen and oxygen atoms in total. The molecule has 3 aromatic rings. The van der Waals surface area contributed by atoms with Crippen molar-refractivity contribution in [3.63, 3.8) is 0 Å². The highest BCUT2D eigenvalue weighted by Gasteiger charge is 2.15. The normalized spacial score (nSPS) is 11.0. The highest BCUT2D eigenvalue weighted by atomic mass is 79.9. The summed E-state index contributed by atoms with van der Waals surface area (Å²) in [4.78, 5) is 12.8. The Bertz CT molecular complexity index is 1240. The van der Waals surface area contributed by atoms with Gasteiger partial charge in [0.15, 0.2) is 11.5 Å². The third-order valence-electron chi connectivity index (χ3n) is 4.81. The fourth-order valence-corrected chi connectivity index (χ4v) is 4.03. The van der Waals surface area contributed by atoms with Gasteiger partial charge in [0.25, 0.3) is 5.91 Å². The van der Waals surface area contributed by atoms with E-state index in [2.05, 4.69) is 37.2 Å². The van der Waals surface area contributed by atoms with Crippen LogP contribution in [0.25, 0.3) is 6.08 Å². The molecule has 0 saturated heterocycles. The zero-order valence-corrected chi connectivity index (χ0v) is 22.3. The molecule has 0 aliphatic carbocycles. The zero-order chi connectivity index (χ0) is 24.7. The quantitative estimate of drug-likeness (QED) is 0.222. The molecule has 7 heteroatoms. The van der Waals surface area contributed by atoms with E-state index in [-0.39, 0.29) is 5.57 Å². The summed E-state index contributed by atoms with van der Waals surface area (Å²) in [6, 6.07) is 19.1. The van der Waals surface area contributed by atoms with E-state index < -0.39 is 5.91 Å². The van der Waals surface area contributed by atoms with Gasteiger partial charge in [0.2, 0.25) is 0 Å². The largest absolute Gasteiger partial charge is 0.490 e. The zero-order valence-electron chi connectivity index (χ0n) is 19.1. The van der Waals surface area contributed by atoms with Crippen molar-refractivity contribution in [2.24, 2.45) is 0 Å². The Morgan fingerprint density at radius 2 is 1.65 bits per heavy atom. The SMILES string of the molecule is CCOc1cc(/C=C(\C#N)C(=O)Nc2cc(C)cc(C)c2)c(Br)cc1OCc1ccc(Br)cc1. The highest BCUT2D eigenvalue weighted by Crippen LogP contribution is 2.35. The third-order valence-corrected chi connectivity index (χ3v) is 6.03. The topological polar surface area (TPSA) is 71.3 Å². The van der Waals surface area contributed by atoms with Gasteiger partial charge in [-0.15, -0.1) is 0 Å². The molecule has 0 saturated carbocycles. The summed E-state index contributed by atoms with van der Waals surface area (Å²) in [6.45, 7) is 6.61. The Kier molecular flexibility index (Phi) is 8.91. The van der Waals surface area contributed by atoms with Crippen molar-refractivity contribution in [1.29, 1.82) is 5.26 Å². The minimum atomic E-state index is -0.479. The summed E-state index contributed by atoms with van der Waals surface area (Å²) < 4.78 is 13.4. The summed E-state index contributed by atoms with van der Waals surface area (Å²) in [5.41, 5.74) is 4.33. The number of nitrogens with one attached hydrogen (secondary N) is 1. The van der Waals surface area contributed by atoms with Gasteiger partial charge < -0.3 is 14.8 Å². The number of carbonyl (C=O) groups is 1. The predicted molar refractivity (Wildman–Crippen MR) is 142 cm³/mol. The molecule has 1 N–H and O–H groups in total. The van der Waals surface area contributed by atoms with Gasteiger partial charge in [0.1, 0.15) is 18.2 Å². The number of benzene rings is 3. The lowest BCUT2D eigenvalue weighted by molar-refractivity contribution is -0.112. The average molecular weight is 584 g/mol. The summed E-state index contributed by atoms with van der Waals surface area (Å²) in [6.07, 6.45) is 1.53. The second-order valence-electron chi connectivity index (χ2n) is 7.67. The van der Waals surface area contributed by atoms with Crippen LogP contribution in [0.2, 0.25) is 0 Å². The van der Waals surface area contributed by atoms with Gasteiger partial charge in [-0.2, -0.15) is 5.26 Å². The maximum absolute atomic E-state index is 12.8. The van der Waals surface area contributed by atoms with Crippen LogP contribution in [0.4, 0.5) is 5.69 Å². The first kappa shape index (κ1) is 25.5. The molecule has 3 rings (SSSR count). The lowest BCUT2D eigenvalue weighted by Gasteiger charge is -2.14. The minimum Gasteiger partial charge on any atom is -0.490 e. The van der Waals surface area contributed by atoms with Crippen molar-refractivity contribution in [2.45, 2.75) is 27.4 Å². The fourth-order valence-electron chi connectivity index (χ4n) is 3.33. The molecule has 3 aromatic carbocycles. The molecule has 0 heterocycles. The van der Waals surface area contributed by atoms with Crippen molar-refractivity contribution in [2.75, 3.05) is 11.9 Å². The molecule has 0 bridgehead atoms. The Balaban J connectivity index is 1.85. The number of amides is 1. The smallest absolute Gasteiger partial charge is 0.266 e. The number of anilines is 1. The number of aryl methyl sites for hydroxylation is 2. The third kappa shape index (κ3) is 6.96. The van der Waals surface area contributed by atoms with E-state index >= 15 is 0 Å². The van der Waals surface area contributed by atoms with Crippen LogP contribution in [0.15, 0.2) is 69.1 Å². The van der Waals surface area contributed by atoms with Crippen LogP contribution in [0.1, 0.15) is 29.2 Å². The number of hydrogen-bond donors (Lipinski definition) is 1. The van der Waals surface area contributed by atoms with Crippen LogP contribution in [0.5, 0.6) is 11.5 Å². The highest BCUT2D eigenvalue weighted by molar-refractivity contribution is 9.10. The van der Waals surface area contributed by atoms with Crippen molar-refractivity contribution in [3.8, 4) is 17.6 Å². The molecule has 0 aliphatic rings. The van der Waals surface area contributed by atoms with E-state index in [9.17, 15) is 10.1 Å². The second-order valence-corrected chi connectivity index (χ2v) is 9.44. The molecule has 0 unspecified atom stereocenters. The molecule has 0 spiro atoms. The van der Waals surface area contributed by atoms with Gasteiger partial charge in [-0.25, -0.2) is 0 Å². The standard InChI is InChI=1S/C27H24Br2N2O3/c1-4-33-25-13-20(24(29)14-26(25)34-16-19-5-7-22(28)8-6-19)12-21(15-30)27(32)31-23-10-17(2)9-18(3)11-23/h5-14H,4,16H2,1-3H3,(H,31,32)/b21-12+. The summed E-state index contributed by atoms with van der Waals surface area (Å²) >= 11 is 6.96. The molecule has 0 radical (unpaired) electrons. The molecular weight excluding hydrogens is 560 g/mol. The summed E-state index contributed by atoms with van der Waals surface area (Å²) in [7, 11) is 0. The van der Waals surface area contributed by atoms with Crippen LogP contribution in [-0.4, -0.2) is 12.5 Å². The molecule has 0 aliphatic heterocycles. The van der Waals surface area contributed by atoms with E-state index in [0.717, 1.165) is 21.2 Å². The van der Waals surface area contributed by atoms with Crippen molar-refractivity contribution in [1.82, 2.24) is 0 Å². The van der Waals surface area contributed by atoms with Crippen molar-refractivity contribution >= 4 is 49.5 Å². The minimum absolute atomic E-state index is 0.0224. The molecule has 1 amide bonds. The van der Waals surface area contributed by atoms with E-state index in [1.807, 2.05) is 69.3 Å². The summed E-state index contributed by atoms with van der Waals surface area (Å²) in [5.74, 6) is 0.612. The van der Waals surface area contributed by atoms with Gasteiger partial charge in [-0.1, -0.05) is 50.1 Å². The van der Waals surface area contributed by atoms with Gasteiger partial charge in [0, 0.05) is 14.6 Å². The van der Waals surface area contributed by atoms with Gasteiger partial charge >= 0.3 is 0 Å². The van der Waals surface area contributed by atoms with Crippen LogP contribution >= 0.6 is 31.9 Å². The number of hydrogen-bond acceptors (Lipinski definition) is 4. The number of nitriles is 1. The average Bonchev–Trinajstić information content (AvgIpc) is 2.78. The maximum atomic E-state index is 12.8. The molecule has 174 valence electrons. The number of rotatable bonds is 8. The maximum Gasteiger partial charge on any atom is 0.266 e. The van der Waals surface area contributed by atoms with E-state index in [1.54, 1.807) is 12.1 Å². The lowest BCUT2D eigenvalue weighted by atomic mass is 10.1. The van der Waals surface area contributed by atoms with Crippen molar-refractivity contribution < 1.29 is 14.3 Å².